The standard InChI is InChI=1S/C54H36N2OSi/c1-4-17-39(18-5-1)58(40-19-6-2-7-20-40,41-21-8-3-9-22-41)53-30-16-28-49-54(53)45-25-11-14-27-48(45)55(49)38-31-33-43-42-23-10-13-26-47(42)56(50(43)36-38)37-32-34-52-46(35-37)44-24-12-15-29-51(44)57-52/h1-36H. The maximum absolute atomic E-state index is 6.26. The van der Waals surface area contributed by atoms with Gasteiger partial charge < -0.3 is 13.6 Å². The summed E-state index contributed by atoms with van der Waals surface area (Å²) in [6, 6.07) is 80.4. The van der Waals surface area contributed by atoms with Gasteiger partial charge in [0.05, 0.1) is 22.1 Å². The van der Waals surface area contributed by atoms with Crippen LogP contribution in [0.5, 0.6) is 0 Å². The SMILES string of the molecule is c1ccc([Si](c2ccccc2)(c2ccccc2)c2cccc3c2c2ccccc2n3-c2ccc3c4ccccc4n(-c4ccc5oc6ccccc6c5c4)c3c2)cc1. The van der Waals surface area contributed by atoms with Crippen molar-refractivity contribution >= 4 is 94.4 Å². The van der Waals surface area contributed by atoms with Gasteiger partial charge in [0.1, 0.15) is 11.2 Å². The lowest BCUT2D eigenvalue weighted by atomic mass is 10.1. The molecule has 0 fully saturated rings. The molecule has 0 atom stereocenters. The molecular formula is C54H36N2OSi. The summed E-state index contributed by atoms with van der Waals surface area (Å²) < 4.78 is 11.2. The van der Waals surface area contributed by atoms with E-state index in [1.165, 1.54) is 58.8 Å². The van der Waals surface area contributed by atoms with Crippen molar-refractivity contribution in [2.24, 2.45) is 0 Å². The van der Waals surface area contributed by atoms with Crippen LogP contribution in [-0.4, -0.2) is 17.2 Å². The molecule has 0 aliphatic rings. The maximum atomic E-state index is 6.26. The van der Waals surface area contributed by atoms with E-state index >= 15 is 0 Å². The smallest absolute Gasteiger partial charge is 0.180 e. The minimum absolute atomic E-state index is 0.897. The highest BCUT2D eigenvalue weighted by atomic mass is 28.3. The Hall–Kier alpha value is -7.40. The Labute approximate surface area is 336 Å². The molecule has 3 heterocycles. The Morgan fingerprint density at radius 3 is 1.48 bits per heavy atom. The monoisotopic (exact) mass is 756 g/mol. The van der Waals surface area contributed by atoms with E-state index in [1.54, 1.807) is 0 Å². The first kappa shape index (κ1) is 32.8. The number of furan rings is 1. The Kier molecular flexibility index (Phi) is 7.25. The first-order chi connectivity index (χ1) is 28.8. The van der Waals surface area contributed by atoms with Gasteiger partial charge in [-0.1, -0.05) is 164 Å². The van der Waals surface area contributed by atoms with Crippen LogP contribution in [0.2, 0.25) is 0 Å². The van der Waals surface area contributed by atoms with Crippen LogP contribution >= 0.6 is 0 Å². The van der Waals surface area contributed by atoms with Gasteiger partial charge in [-0.15, -0.1) is 0 Å². The second-order valence-electron chi connectivity index (χ2n) is 15.2. The van der Waals surface area contributed by atoms with Crippen LogP contribution in [0, 0.1) is 0 Å². The van der Waals surface area contributed by atoms with Crippen molar-refractivity contribution in [3.63, 3.8) is 0 Å². The topological polar surface area (TPSA) is 23.0 Å². The highest BCUT2D eigenvalue weighted by Gasteiger charge is 2.43. The largest absolute Gasteiger partial charge is 0.456 e. The second kappa shape index (κ2) is 12.8. The lowest BCUT2D eigenvalue weighted by molar-refractivity contribution is 0.669. The summed E-state index contributed by atoms with van der Waals surface area (Å²) in [6.07, 6.45) is 0. The van der Waals surface area contributed by atoms with Crippen molar-refractivity contribution in [3.8, 4) is 11.4 Å². The van der Waals surface area contributed by atoms with E-state index < -0.39 is 8.07 Å². The molecule has 0 aliphatic carbocycles. The zero-order valence-corrected chi connectivity index (χ0v) is 32.6. The predicted octanol–water partition coefficient (Wildman–Crippen LogP) is 11.2. The molecule has 0 radical (unpaired) electrons. The van der Waals surface area contributed by atoms with Crippen LogP contribution in [0.25, 0.3) is 76.9 Å². The van der Waals surface area contributed by atoms with Gasteiger partial charge >= 0.3 is 0 Å². The molecule has 12 rings (SSSR count). The minimum atomic E-state index is -2.85. The molecule has 4 heteroatoms. The van der Waals surface area contributed by atoms with Gasteiger partial charge in [-0.05, 0) is 75.3 Å². The molecule has 272 valence electrons. The Morgan fingerprint density at radius 2 is 0.793 bits per heavy atom. The van der Waals surface area contributed by atoms with E-state index in [-0.39, 0.29) is 0 Å². The third kappa shape index (κ3) is 4.67. The summed E-state index contributed by atoms with van der Waals surface area (Å²) in [6.45, 7) is 0. The Balaban J connectivity index is 1.16. The number of para-hydroxylation sites is 3. The number of rotatable bonds is 6. The highest BCUT2D eigenvalue weighted by Crippen LogP contribution is 2.38. The van der Waals surface area contributed by atoms with Crippen molar-refractivity contribution in [1.29, 1.82) is 0 Å². The molecule has 0 amide bonds. The molecule has 58 heavy (non-hydrogen) atoms. The molecule has 3 aromatic heterocycles. The molecule has 12 aromatic rings. The van der Waals surface area contributed by atoms with Crippen molar-refractivity contribution in [1.82, 2.24) is 9.13 Å². The van der Waals surface area contributed by atoms with Crippen LogP contribution in [0.1, 0.15) is 0 Å². The summed E-state index contributed by atoms with van der Waals surface area (Å²) in [4.78, 5) is 0. The van der Waals surface area contributed by atoms with E-state index in [0.29, 0.717) is 0 Å². The normalized spacial score (nSPS) is 12.1. The van der Waals surface area contributed by atoms with Crippen LogP contribution < -0.4 is 20.7 Å². The van der Waals surface area contributed by atoms with Gasteiger partial charge in [-0.2, -0.15) is 0 Å². The summed E-state index contributed by atoms with van der Waals surface area (Å²) in [5.74, 6) is 0. The van der Waals surface area contributed by atoms with Gasteiger partial charge in [0.25, 0.3) is 0 Å². The average molecular weight is 757 g/mol. The molecule has 3 nitrogen and oxygen atoms in total. The van der Waals surface area contributed by atoms with Crippen molar-refractivity contribution in [2.75, 3.05) is 0 Å². The number of aromatic nitrogens is 2. The quantitative estimate of drug-likeness (QED) is 0.122. The highest BCUT2D eigenvalue weighted by molar-refractivity contribution is 7.20. The Morgan fingerprint density at radius 1 is 0.310 bits per heavy atom. The molecule has 0 bridgehead atoms. The predicted molar refractivity (Wildman–Crippen MR) is 246 cm³/mol. The first-order valence-electron chi connectivity index (χ1n) is 19.9. The molecule has 0 aliphatic heterocycles. The molecule has 0 saturated heterocycles. The summed E-state index contributed by atoms with van der Waals surface area (Å²) in [7, 11) is -2.85. The summed E-state index contributed by atoms with van der Waals surface area (Å²) in [5, 5.41) is 12.7. The number of nitrogens with zero attached hydrogens (tertiary/aromatic N) is 2. The molecule has 0 unspecified atom stereocenters. The molecule has 0 saturated carbocycles. The molecule has 0 N–H and O–H groups in total. The number of fused-ring (bicyclic) bond motifs is 9. The van der Waals surface area contributed by atoms with Crippen molar-refractivity contribution in [3.05, 3.63) is 218 Å². The van der Waals surface area contributed by atoms with Gasteiger partial charge in [0, 0.05) is 43.7 Å². The third-order valence-electron chi connectivity index (χ3n) is 12.3. The van der Waals surface area contributed by atoms with Crippen molar-refractivity contribution < 1.29 is 4.42 Å². The lowest BCUT2D eigenvalue weighted by Gasteiger charge is -2.35. The minimum Gasteiger partial charge on any atom is -0.456 e. The average Bonchev–Trinajstić information content (AvgIpc) is 3.95. The summed E-state index contributed by atoms with van der Waals surface area (Å²) in [5.41, 5.74) is 8.77. The van der Waals surface area contributed by atoms with Crippen molar-refractivity contribution in [2.45, 2.75) is 0 Å². The fourth-order valence-electron chi connectivity index (χ4n) is 9.87. The zero-order chi connectivity index (χ0) is 38.2. The van der Waals surface area contributed by atoms with Crippen LogP contribution in [0.3, 0.4) is 0 Å². The fourth-order valence-corrected chi connectivity index (χ4v) is 14.9. The zero-order valence-electron chi connectivity index (χ0n) is 31.6. The Bertz CT molecular complexity index is 3410. The summed E-state index contributed by atoms with van der Waals surface area (Å²) >= 11 is 0. The van der Waals surface area contributed by atoms with Gasteiger partial charge in [0.2, 0.25) is 0 Å². The lowest BCUT2D eigenvalue weighted by Crippen LogP contribution is -2.74. The molecule has 9 aromatic carbocycles. The number of hydrogen-bond donors (Lipinski definition) is 0. The van der Waals surface area contributed by atoms with E-state index in [1.807, 2.05) is 12.1 Å². The van der Waals surface area contributed by atoms with Crippen LogP contribution in [-0.2, 0) is 0 Å². The van der Waals surface area contributed by atoms with Gasteiger partial charge in [-0.3, -0.25) is 0 Å². The molecule has 0 spiro atoms. The number of benzene rings is 9. The van der Waals surface area contributed by atoms with E-state index in [9.17, 15) is 0 Å². The van der Waals surface area contributed by atoms with Crippen LogP contribution in [0.4, 0.5) is 0 Å². The molecular weight excluding hydrogens is 721 g/mol. The van der Waals surface area contributed by atoms with E-state index in [0.717, 1.165) is 38.8 Å². The van der Waals surface area contributed by atoms with E-state index in [4.69, 9.17) is 4.42 Å². The van der Waals surface area contributed by atoms with Crippen LogP contribution in [0.15, 0.2) is 223 Å². The first-order valence-corrected chi connectivity index (χ1v) is 21.9. The second-order valence-corrected chi connectivity index (χ2v) is 19.0. The van der Waals surface area contributed by atoms with Gasteiger partial charge in [-0.25, -0.2) is 0 Å². The van der Waals surface area contributed by atoms with Gasteiger partial charge in [0.15, 0.2) is 8.07 Å². The number of hydrogen-bond acceptors (Lipinski definition) is 1. The fraction of sp³-hybridized carbons (Fsp3) is 0. The third-order valence-corrected chi connectivity index (χ3v) is 17.1. The van der Waals surface area contributed by atoms with E-state index in [2.05, 4.69) is 215 Å². The maximum Gasteiger partial charge on any atom is 0.180 e.